The molecule has 0 radical (unpaired) electrons. The normalized spacial score (nSPS) is 14.2. The number of carbonyl (C=O) groups excluding carboxylic acids is 1. The predicted molar refractivity (Wildman–Crippen MR) is 148 cm³/mol. The average Bonchev–Trinajstić information content (AvgIpc) is 2.90. The van der Waals surface area contributed by atoms with E-state index in [9.17, 15) is 30.8 Å². The second-order valence-electron chi connectivity index (χ2n) is 9.35. The fourth-order valence-corrected chi connectivity index (χ4v) is 6.34. The Hall–Kier alpha value is -3.57. The van der Waals surface area contributed by atoms with Crippen molar-refractivity contribution in [3.05, 3.63) is 88.2 Å². The number of rotatable bonds is 8. The molecule has 0 spiro atoms. The van der Waals surface area contributed by atoms with E-state index in [0.717, 1.165) is 22.5 Å². The zero-order valence-electron chi connectivity index (χ0n) is 21.6. The van der Waals surface area contributed by atoms with Gasteiger partial charge in [-0.05, 0) is 60.5 Å². The molecule has 0 unspecified atom stereocenters. The maximum absolute atomic E-state index is 14.5. The van der Waals surface area contributed by atoms with Crippen molar-refractivity contribution in [1.29, 1.82) is 0 Å². The summed E-state index contributed by atoms with van der Waals surface area (Å²) in [4.78, 5) is 13.9. The molecular weight excluding hydrogens is 570 g/mol. The number of carbonyl (C=O) groups is 1. The topological polar surface area (TPSA) is 60.9 Å². The zero-order valence-corrected chi connectivity index (χ0v) is 23.2. The number of hydrogen-bond donors (Lipinski definition) is 0. The monoisotopic (exact) mass is 595 g/mol. The van der Waals surface area contributed by atoms with Crippen molar-refractivity contribution in [3.8, 4) is 0 Å². The third-order valence-electron chi connectivity index (χ3n) is 6.57. The summed E-state index contributed by atoms with van der Waals surface area (Å²) in [7, 11) is -2.77. The summed E-state index contributed by atoms with van der Waals surface area (Å²) >= 11 is 6.21. The molecule has 0 fully saturated rings. The van der Waals surface area contributed by atoms with Gasteiger partial charge < -0.3 is 9.80 Å². The van der Waals surface area contributed by atoms with Crippen LogP contribution in [-0.2, 0) is 21.0 Å². The summed E-state index contributed by atoms with van der Waals surface area (Å²) in [5, 5.41) is 0.214. The van der Waals surface area contributed by atoms with Gasteiger partial charge in [-0.1, -0.05) is 35.9 Å². The Morgan fingerprint density at radius 1 is 1.05 bits per heavy atom. The van der Waals surface area contributed by atoms with Crippen LogP contribution in [0.4, 0.5) is 28.9 Å². The summed E-state index contributed by atoms with van der Waals surface area (Å²) in [6.07, 6.45) is -2.38. The molecule has 0 aromatic heterocycles. The van der Waals surface area contributed by atoms with Crippen LogP contribution in [0.2, 0.25) is 5.02 Å². The van der Waals surface area contributed by atoms with Gasteiger partial charge in [-0.15, -0.1) is 0 Å². The van der Waals surface area contributed by atoms with Crippen LogP contribution in [-0.4, -0.2) is 53.0 Å². The number of hydrogen-bond acceptors (Lipinski definition) is 4. The van der Waals surface area contributed by atoms with E-state index >= 15 is 0 Å². The van der Waals surface area contributed by atoms with Crippen LogP contribution in [0, 0.1) is 5.82 Å². The van der Waals surface area contributed by atoms with E-state index in [1.54, 1.807) is 44.3 Å². The van der Waals surface area contributed by atoms with E-state index in [2.05, 4.69) is 0 Å². The van der Waals surface area contributed by atoms with Crippen LogP contribution < -0.4 is 9.21 Å². The second-order valence-corrected chi connectivity index (χ2v) is 11.6. The summed E-state index contributed by atoms with van der Waals surface area (Å²) < 4.78 is 83.0. The van der Waals surface area contributed by atoms with Crippen molar-refractivity contribution in [2.75, 3.05) is 42.4 Å². The number of allylic oxidation sites excluding steroid dienone is 1. The van der Waals surface area contributed by atoms with Gasteiger partial charge in [0.25, 0.3) is 10.0 Å². The van der Waals surface area contributed by atoms with Gasteiger partial charge in [0.2, 0.25) is 6.41 Å². The highest BCUT2D eigenvalue weighted by Gasteiger charge is 2.35. The number of benzene rings is 3. The Morgan fingerprint density at radius 2 is 1.77 bits per heavy atom. The van der Waals surface area contributed by atoms with Gasteiger partial charge in [-0.2, -0.15) is 13.2 Å². The van der Waals surface area contributed by atoms with Crippen LogP contribution in [0.25, 0.3) is 11.6 Å². The molecule has 1 aliphatic heterocycles. The van der Waals surface area contributed by atoms with E-state index in [0.29, 0.717) is 42.4 Å². The van der Waals surface area contributed by atoms with Crippen molar-refractivity contribution in [2.45, 2.75) is 18.0 Å². The van der Waals surface area contributed by atoms with Crippen molar-refractivity contribution >= 4 is 51.1 Å². The van der Waals surface area contributed by atoms with Gasteiger partial charge in [0, 0.05) is 32.2 Å². The molecular formula is C28H26ClF4N3O3S. The number of sulfonamides is 1. The summed E-state index contributed by atoms with van der Waals surface area (Å²) in [5.41, 5.74) is 0.938. The molecule has 0 bridgehead atoms. The lowest BCUT2D eigenvalue weighted by Crippen LogP contribution is -2.46. The molecule has 0 saturated carbocycles. The number of anilines is 2. The smallest absolute Gasteiger partial charge is 0.366 e. The third-order valence-corrected chi connectivity index (χ3v) is 8.70. The molecule has 4 rings (SSSR count). The average molecular weight is 596 g/mol. The van der Waals surface area contributed by atoms with Gasteiger partial charge in [0.1, 0.15) is 5.82 Å². The Morgan fingerprint density at radius 3 is 2.45 bits per heavy atom. The van der Waals surface area contributed by atoms with Crippen molar-refractivity contribution < 1.29 is 30.8 Å². The lowest BCUT2D eigenvalue weighted by molar-refractivity contribution is -0.137. The lowest BCUT2D eigenvalue weighted by Gasteiger charge is -2.38. The number of likely N-dealkylation sites (N-methyl/N-ethyl adjacent to an activating group) is 1. The molecule has 0 atom stereocenters. The number of fused-ring (bicyclic) bond motifs is 1. The van der Waals surface area contributed by atoms with E-state index < -0.39 is 32.5 Å². The van der Waals surface area contributed by atoms with Gasteiger partial charge in [0.15, 0.2) is 0 Å². The van der Waals surface area contributed by atoms with E-state index in [-0.39, 0.29) is 29.4 Å². The Bertz CT molecular complexity index is 1540. The Labute approximate surface area is 235 Å². The minimum Gasteiger partial charge on any atom is -0.366 e. The standard InChI is InChI=1S/C28H26ClF4N3O3S/c1-19(27-23(29)7-4-8-24(27)30)15-20-9-10-25-26(16-20)36(14-13-35(25)12-11-34(2)18-37)40(38,39)22-6-3-5-21(17-22)28(31,32)33/h3-10,15-18H,11-14H2,1-2H3/b19-15+. The third kappa shape index (κ3) is 6.10. The van der Waals surface area contributed by atoms with Crippen LogP contribution in [0.1, 0.15) is 23.6 Å². The molecule has 1 amide bonds. The fourth-order valence-electron chi connectivity index (χ4n) is 4.52. The second kappa shape index (κ2) is 11.5. The lowest BCUT2D eigenvalue weighted by atomic mass is 10.0. The van der Waals surface area contributed by atoms with Crippen LogP contribution in [0.15, 0.2) is 65.6 Å². The minimum atomic E-state index is -4.71. The zero-order chi connectivity index (χ0) is 29.2. The SMILES string of the molecule is C/C(=C\c1ccc2c(c1)N(S(=O)(=O)c1cccc(C(F)(F)F)c1)CCN2CCN(C)C=O)c1c(F)cccc1Cl. The summed E-state index contributed by atoms with van der Waals surface area (Å²) in [6.45, 7) is 2.65. The maximum atomic E-state index is 14.5. The minimum absolute atomic E-state index is 0.0400. The number of amides is 1. The van der Waals surface area contributed by atoms with Gasteiger partial charge in [-0.3, -0.25) is 9.10 Å². The first kappa shape index (κ1) is 29.4. The molecule has 6 nitrogen and oxygen atoms in total. The van der Waals surface area contributed by atoms with Gasteiger partial charge in [-0.25, -0.2) is 12.8 Å². The molecule has 3 aromatic carbocycles. The number of nitrogens with zero attached hydrogens (tertiary/aromatic N) is 3. The van der Waals surface area contributed by atoms with Gasteiger partial charge in [0.05, 0.1) is 33.4 Å². The number of alkyl halides is 3. The van der Waals surface area contributed by atoms with E-state index in [4.69, 9.17) is 11.6 Å². The first-order valence-corrected chi connectivity index (χ1v) is 14.0. The molecule has 0 saturated heterocycles. The van der Waals surface area contributed by atoms with Crippen molar-refractivity contribution in [3.63, 3.8) is 0 Å². The molecule has 3 aromatic rings. The van der Waals surface area contributed by atoms with E-state index in [1.165, 1.54) is 17.0 Å². The summed E-state index contributed by atoms with van der Waals surface area (Å²) in [5.74, 6) is -0.515. The van der Waals surface area contributed by atoms with Crippen molar-refractivity contribution in [1.82, 2.24) is 4.90 Å². The number of halogens is 5. The molecule has 0 N–H and O–H groups in total. The first-order valence-electron chi connectivity index (χ1n) is 12.2. The molecule has 1 heterocycles. The molecule has 1 aliphatic rings. The Kier molecular flexibility index (Phi) is 8.46. The maximum Gasteiger partial charge on any atom is 0.416 e. The fraction of sp³-hybridized carbons (Fsp3) is 0.250. The van der Waals surface area contributed by atoms with Crippen molar-refractivity contribution in [2.24, 2.45) is 0 Å². The van der Waals surface area contributed by atoms with E-state index in [1.807, 2.05) is 4.90 Å². The molecule has 0 aliphatic carbocycles. The highest BCUT2D eigenvalue weighted by Crippen LogP contribution is 2.39. The van der Waals surface area contributed by atoms with Crippen LogP contribution in [0.5, 0.6) is 0 Å². The predicted octanol–water partition coefficient (Wildman–Crippen LogP) is 6.16. The highest BCUT2D eigenvalue weighted by molar-refractivity contribution is 7.92. The van der Waals surface area contributed by atoms with Crippen LogP contribution in [0.3, 0.4) is 0 Å². The Balaban J connectivity index is 1.81. The van der Waals surface area contributed by atoms with Gasteiger partial charge >= 0.3 is 6.18 Å². The molecule has 12 heteroatoms. The molecule has 212 valence electrons. The quantitative estimate of drug-likeness (QED) is 0.178. The molecule has 40 heavy (non-hydrogen) atoms. The first-order chi connectivity index (χ1) is 18.8. The highest BCUT2D eigenvalue weighted by atomic mass is 35.5. The van der Waals surface area contributed by atoms with Crippen LogP contribution >= 0.6 is 11.6 Å². The summed E-state index contributed by atoms with van der Waals surface area (Å²) in [6, 6.07) is 13.0. The largest absolute Gasteiger partial charge is 0.416 e.